The Balaban J connectivity index is 2.13. The fraction of sp³-hybridized carbons (Fsp3) is 0.235. The third-order valence-corrected chi connectivity index (χ3v) is 3.43. The number of nitrogens with one attached hydrogen (secondary N) is 1. The molecule has 0 saturated heterocycles. The van der Waals surface area contributed by atoms with Gasteiger partial charge in [0.25, 0.3) is 0 Å². The zero-order valence-electron chi connectivity index (χ0n) is 11.6. The molecule has 2 nitrogen and oxygen atoms in total. The molecule has 1 atom stereocenters. The molecule has 0 bridgehead atoms. The average molecular weight is 250 g/mol. The average Bonchev–Trinajstić information content (AvgIpc) is 2.42. The number of nitriles is 1. The third-order valence-electron chi connectivity index (χ3n) is 3.43. The van der Waals surface area contributed by atoms with Crippen LogP contribution in [0.4, 0.5) is 5.69 Å². The topological polar surface area (TPSA) is 35.8 Å². The van der Waals surface area contributed by atoms with Crippen molar-refractivity contribution < 1.29 is 0 Å². The van der Waals surface area contributed by atoms with E-state index in [9.17, 15) is 0 Å². The maximum atomic E-state index is 8.77. The summed E-state index contributed by atoms with van der Waals surface area (Å²) in [4.78, 5) is 0. The lowest BCUT2D eigenvalue weighted by molar-refractivity contribution is 0.881. The second kappa shape index (κ2) is 5.58. The summed E-state index contributed by atoms with van der Waals surface area (Å²) in [6.07, 6.45) is 0. The van der Waals surface area contributed by atoms with Gasteiger partial charge in [-0.2, -0.15) is 5.26 Å². The Hall–Kier alpha value is -2.27. The summed E-state index contributed by atoms with van der Waals surface area (Å²) in [7, 11) is 0. The molecule has 2 aromatic carbocycles. The molecule has 0 radical (unpaired) electrons. The summed E-state index contributed by atoms with van der Waals surface area (Å²) in [5.41, 5.74) is 5.61. The lowest BCUT2D eigenvalue weighted by Crippen LogP contribution is -2.07. The number of anilines is 1. The molecule has 0 saturated carbocycles. The highest BCUT2D eigenvalue weighted by Crippen LogP contribution is 2.21. The quantitative estimate of drug-likeness (QED) is 0.879. The van der Waals surface area contributed by atoms with Gasteiger partial charge in [0.15, 0.2) is 0 Å². The normalized spacial score (nSPS) is 11.7. The van der Waals surface area contributed by atoms with Gasteiger partial charge in [-0.25, -0.2) is 0 Å². The summed E-state index contributed by atoms with van der Waals surface area (Å²) in [5.74, 6) is 0. The maximum Gasteiger partial charge on any atom is 0.0991 e. The number of benzene rings is 2. The highest BCUT2D eigenvalue weighted by Gasteiger charge is 2.06. The van der Waals surface area contributed by atoms with Crippen molar-refractivity contribution in [3.8, 4) is 6.07 Å². The molecule has 0 fully saturated rings. The van der Waals surface area contributed by atoms with Crippen LogP contribution in [0.25, 0.3) is 0 Å². The molecule has 1 unspecified atom stereocenters. The molecule has 0 aliphatic rings. The van der Waals surface area contributed by atoms with Gasteiger partial charge in [0.2, 0.25) is 0 Å². The van der Waals surface area contributed by atoms with Crippen molar-refractivity contribution in [1.29, 1.82) is 5.26 Å². The van der Waals surface area contributed by atoms with Gasteiger partial charge in [-0.05, 0) is 61.7 Å². The summed E-state index contributed by atoms with van der Waals surface area (Å²) in [6.45, 7) is 6.40. The summed E-state index contributed by atoms with van der Waals surface area (Å²) in [6, 6.07) is 16.4. The van der Waals surface area contributed by atoms with E-state index in [1.807, 2.05) is 24.3 Å². The van der Waals surface area contributed by atoms with Crippen molar-refractivity contribution >= 4 is 5.69 Å². The monoisotopic (exact) mass is 250 g/mol. The van der Waals surface area contributed by atoms with Crippen LogP contribution in [0.3, 0.4) is 0 Å². The zero-order valence-corrected chi connectivity index (χ0v) is 11.6. The molecule has 0 aliphatic carbocycles. The molecule has 0 spiro atoms. The van der Waals surface area contributed by atoms with E-state index < -0.39 is 0 Å². The van der Waals surface area contributed by atoms with E-state index in [0.717, 1.165) is 5.69 Å². The standard InChI is InChI=1S/C17H18N2/c1-12-4-7-16(10-13(12)2)14(3)19-17-8-5-15(11-18)6-9-17/h4-10,14,19H,1-3H3. The summed E-state index contributed by atoms with van der Waals surface area (Å²) >= 11 is 0. The van der Waals surface area contributed by atoms with Gasteiger partial charge in [-0.1, -0.05) is 18.2 Å². The smallest absolute Gasteiger partial charge is 0.0991 e. The van der Waals surface area contributed by atoms with Crippen molar-refractivity contribution in [3.05, 3.63) is 64.7 Å². The molecule has 0 aromatic heterocycles. The molecule has 0 amide bonds. The number of rotatable bonds is 3. The van der Waals surface area contributed by atoms with Crippen molar-refractivity contribution in [2.24, 2.45) is 0 Å². The van der Waals surface area contributed by atoms with Crippen LogP contribution in [0.5, 0.6) is 0 Å². The maximum absolute atomic E-state index is 8.77. The van der Waals surface area contributed by atoms with Gasteiger partial charge >= 0.3 is 0 Å². The Labute approximate surface area is 114 Å². The first-order chi connectivity index (χ1) is 9.10. The second-order valence-electron chi connectivity index (χ2n) is 4.90. The molecule has 0 heterocycles. The van der Waals surface area contributed by atoms with E-state index >= 15 is 0 Å². The van der Waals surface area contributed by atoms with E-state index in [2.05, 4.69) is 50.4 Å². The van der Waals surface area contributed by atoms with Gasteiger partial charge in [0, 0.05) is 11.7 Å². The highest BCUT2D eigenvalue weighted by molar-refractivity contribution is 5.49. The fourth-order valence-corrected chi connectivity index (χ4v) is 2.01. The van der Waals surface area contributed by atoms with E-state index in [1.54, 1.807) is 0 Å². The van der Waals surface area contributed by atoms with Crippen molar-refractivity contribution in [3.63, 3.8) is 0 Å². The minimum atomic E-state index is 0.243. The van der Waals surface area contributed by atoms with Crippen molar-refractivity contribution in [2.75, 3.05) is 5.32 Å². The van der Waals surface area contributed by atoms with Gasteiger partial charge in [0.1, 0.15) is 0 Å². The molecule has 0 aliphatic heterocycles. The first-order valence-electron chi connectivity index (χ1n) is 6.44. The largest absolute Gasteiger partial charge is 0.379 e. The zero-order chi connectivity index (χ0) is 13.8. The van der Waals surface area contributed by atoms with E-state index in [0.29, 0.717) is 5.56 Å². The van der Waals surface area contributed by atoms with Crippen LogP contribution in [0.15, 0.2) is 42.5 Å². The minimum absolute atomic E-state index is 0.243. The summed E-state index contributed by atoms with van der Waals surface area (Å²) in [5, 5.41) is 12.2. The van der Waals surface area contributed by atoms with E-state index in [1.165, 1.54) is 16.7 Å². The number of hydrogen-bond donors (Lipinski definition) is 1. The van der Waals surface area contributed by atoms with Crippen LogP contribution in [0.2, 0.25) is 0 Å². The first-order valence-corrected chi connectivity index (χ1v) is 6.44. The van der Waals surface area contributed by atoms with Crippen LogP contribution in [-0.2, 0) is 0 Å². The van der Waals surface area contributed by atoms with Gasteiger partial charge in [0.05, 0.1) is 11.6 Å². The van der Waals surface area contributed by atoms with Crippen LogP contribution in [-0.4, -0.2) is 0 Å². The molecule has 2 aromatic rings. The lowest BCUT2D eigenvalue weighted by Gasteiger charge is -2.17. The molecular weight excluding hydrogens is 232 g/mol. The second-order valence-corrected chi connectivity index (χ2v) is 4.90. The molecule has 2 rings (SSSR count). The Morgan fingerprint density at radius 3 is 2.26 bits per heavy atom. The van der Waals surface area contributed by atoms with Crippen LogP contribution in [0, 0.1) is 25.2 Å². The fourth-order valence-electron chi connectivity index (χ4n) is 2.01. The SMILES string of the molecule is Cc1ccc(C(C)Nc2ccc(C#N)cc2)cc1C. The van der Waals surface area contributed by atoms with Gasteiger partial charge in [-0.3, -0.25) is 0 Å². The minimum Gasteiger partial charge on any atom is -0.379 e. The highest BCUT2D eigenvalue weighted by atomic mass is 14.9. The lowest BCUT2D eigenvalue weighted by atomic mass is 10.0. The molecule has 1 N–H and O–H groups in total. The van der Waals surface area contributed by atoms with Gasteiger partial charge < -0.3 is 5.32 Å². The van der Waals surface area contributed by atoms with Crippen molar-refractivity contribution in [1.82, 2.24) is 0 Å². The number of aryl methyl sites for hydroxylation is 2. The predicted octanol–water partition coefficient (Wildman–Crippen LogP) is 4.35. The predicted molar refractivity (Wildman–Crippen MR) is 79.1 cm³/mol. The molecule has 19 heavy (non-hydrogen) atoms. The molecule has 96 valence electrons. The van der Waals surface area contributed by atoms with Crippen molar-refractivity contribution in [2.45, 2.75) is 26.8 Å². The Morgan fingerprint density at radius 1 is 1.00 bits per heavy atom. The van der Waals surface area contributed by atoms with E-state index in [-0.39, 0.29) is 6.04 Å². The molecular formula is C17H18N2. The Kier molecular flexibility index (Phi) is 3.87. The Bertz CT molecular complexity index is 606. The van der Waals surface area contributed by atoms with Crippen LogP contribution in [0.1, 0.15) is 35.2 Å². The number of hydrogen-bond acceptors (Lipinski definition) is 2. The van der Waals surface area contributed by atoms with Gasteiger partial charge in [-0.15, -0.1) is 0 Å². The summed E-state index contributed by atoms with van der Waals surface area (Å²) < 4.78 is 0. The van der Waals surface area contributed by atoms with E-state index in [4.69, 9.17) is 5.26 Å². The van der Waals surface area contributed by atoms with Crippen LogP contribution >= 0.6 is 0 Å². The molecule has 2 heteroatoms. The number of nitrogens with zero attached hydrogens (tertiary/aromatic N) is 1. The Morgan fingerprint density at radius 2 is 1.68 bits per heavy atom. The van der Waals surface area contributed by atoms with Crippen LogP contribution < -0.4 is 5.32 Å². The first kappa shape index (κ1) is 13.2. The third kappa shape index (κ3) is 3.14.